The summed E-state index contributed by atoms with van der Waals surface area (Å²) in [6.45, 7) is 5.92. The number of phenols is 1. The number of nitrogens with zero attached hydrogens (tertiary/aromatic N) is 1. The molecule has 0 spiro atoms. The zero-order valence-corrected chi connectivity index (χ0v) is 18.3. The number of piperazine rings is 1. The third-order valence-electron chi connectivity index (χ3n) is 3.96. The lowest BCUT2D eigenvalue weighted by atomic mass is 10.1. The van der Waals surface area contributed by atoms with Gasteiger partial charge in [0.1, 0.15) is 11.5 Å². The van der Waals surface area contributed by atoms with E-state index >= 15 is 0 Å². The van der Waals surface area contributed by atoms with E-state index in [1.807, 2.05) is 17.0 Å². The quantitative estimate of drug-likeness (QED) is 0.543. The van der Waals surface area contributed by atoms with E-state index in [9.17, 15) is 9.90 Å². The first-order valence-electron chi connectivity index (χ1n) is 8.06. The summed E-state index contributed by atoms with van der Waals surface area (Å²) in [5.74, 6) is 1.71. The fourth-order valence-corrected chi connectivity index (χ4v) is 4.79. The summed E-state index contributed by atoms with van der Waals surface area (Å²) in [5, 5.41) is 12.5. The first kappa shape index (κ1) is 19.3. The van der Waals surface area contributed by atoms with Gasteiger partial charge in [0, 0.05) is 18.8 Å². The molecule has 2 aromatic rings. The molecule has 1 fully saturated rings. The van der Waals surface area contributed by atoms with Crippen molar-refractivity contribution in [2.24, 2.45) is 0 Å². The van der Waals surface area contributed by atoms with E-state index < -0.39 is 0 Å². The van der Waals surface area contributed by atoms with Gasteiger partial charge in [0.25, 0.3) is 0 Å². The van der Waals surface area contributed by atoms with Crippen LogP contribution in [0, 0.1) is 7.14 Å². The third kappa shape index (κ3) is 4.81. The molecule has 1 heterocycles. The van der Waals surface area contributed by atoms with Gasteiger partial charge in [-0.05, 0) is 87.1 Å². The van der Waals surface area contributed by atoms with Crippen LogP contribution < -0.4 is 10.1 Å². The number of halogens is 2. The predicted octanol–water partition coefficient (Wildman–Crippen LogP) is 3.88. The van der Waals surface area contributed by atoms with Crippen molar-refractivity contribution < 1.29 is 14.6 Å². The molecule has 1 amide bonds. The van der Waals surface area contributed by atoms with Gasteiger partial charge in [-0.25, -0.2) is 0 Å². The number of carbonyl (C=O) groups excluding carboxylic acids is 1. The van der Waals surface area contributed by atoms with E-state index in [4.69, 9.17) is 4.74 Å². The summed E-state index contributed by atoms with van der Waals surface area (Å²) in [6.07, 6.45) is 0.360. The maximum atomic E-state index is 12.5. The van der Waals surface area contributed by atoms with E-state index in [0.29, 0.717) is 25.3 Å². The molecule has 1 saturated heterocycles. The Morgan fingerprint density at radius 2 is 1.88 bits per heavy atom. The number of phenolic OH excluding ortho intramolecular Hbond substituents is 1. The van der Waals surface area contributed by atoms with Crippen LogP contribution in [0.15, 0.2) is 48.7 Å². The van der Waals surface area contributed by atoms with Gasteiger partial charge >= 0.3 is 0 Å². The first-order valence-corrected chi connectivity index (χ1v) is 10.2. The largest absolute Gasteiger partial charge is 0.508 e. The van der Waals surface area contributed by atoms with Crippen molar-refractivity contribution >= 4 is 51.1 Å². The van der Waals surface area contributed by atoms with Gasteiger partial charge in [-0.2, -0.15) is 0 Å². The molecule has 136 valence electrons. The first-order chi connectivity index (χ1) is 12.4. The Labute approximate surface area is 179 Å². The second kappa shape index (κ2) is 8.47. The molecule has 0 aliphatic carbocycles. The zero-order chi connectivity index (χ0) is 18.7. The van der Waals surface area contributed by atoms with Crippen molar-refractivity contribution in [3.63, 3.8) is 0 Å². The average molecular weight is 576 g/mol. The van der Waals surface area contributed by atoms with Crippen LogP contribution in [0.4, 0.5) is 0 Å². The molecule has 5 nitrogen and oxygen atoms in total. The van der Waals surface area contributed by atoms with Crippen LogP contribution in [0.5, 0.6) is 17.2 Å². The number of carbonyl (C=O) groups is 1. The van der Waals surface area contributed by atoms with Crippen molar-refractivity contribution in [2.45, 2.75) is 6.42 Å². The van der Waals surface area contributed by atoms with Crippen molar-refractivity contribution in [1.82, 2.24) is 10.2 Å². The van der Waals surface area contributed by atoms with Gasteiger partial charge in [-0.15, -0.1) is 0 Å². The maximum absolute atomic E-state index is 12.5. The predicted molar refractivity (Wildman–Crippen MR) is 117 cm³/mol. The second-order valence-electron chi connectivity index (χ2n) is 6.01. The summed E-state index contributed by atoms with van der Waals surface area (Å²) in [4.78, 5) is 14.4. The topological polar surface area (TPSA) is 61.8 Å². The Kier molecular flexibility index (Phi) is 6.28. The Bertz CT molecular complexity index is 814. The normalized spacial score (nSPS) is 14.1. The minimum Gasteiger partial charge on any atom is -0.508 e. The van der Waals surface area contributed by atoms with Crippen LogP contribution in [0.25, 0.3) is 0 Å². The number of hydrogen-bond donors (Lipinski definition) is 2. The van der Waals surface area contributed by atoms with Crippen LogP contribution in [0.3, 0.4) is 0 Å². The molecule has 0 atom stereocenters. The SMILES string of the molecule is C=C1CN(C(=O)Cc2cc(I)c(Oc3ccc(O)cc3)c(I)c2)CCN1. The highest BCUT2D eigenvalue weighted by molar-refractivity contribution is 14.1. The molecule has 3 rings (SSSR count). The van der Waals surface area contributed by atoms with Crippen molar-refractivity contribution in [3.8, 4) is 17.2 Å². The maximum Gasteiger partial charge on any atom is 0.227 e. The van der Waals surface area contributed by atoms with Crippen LogP contribution in [0.2, 0.25) is 0 Å². The van der Waals surface area contributed by atoms with Crippen molar-refractivity contribution in [3.05, 3.63) is 61.4 Å². The van der Waals surface area contributed by atoms with Gasteiger partial charge in [0.15, 0.2) is 5.75 Å². The van der Waals surface area contributed by atoms with E-state index in [2.05, 4.69) is 57.1 Å². The summed E-state index contributed by atoms with van der Waals surface area (Å²) in [5.41, 5.74) is 1.84. The highest BCUT2D eigenvalue weighted by atomic mass is 127. The minimum absolute atomic E-state index is 0.103. The molecule has 0 unspecified atom stereocenters. The van der Waals surface area contributed by atoms with Gasteiger partial charge < -0.3 is 20.1 Å². The molecular weight excluding hydrogens is 558 g/mol. The summed E-state index contributed by atoms with van der Waals surface area (Å²) in [6, 6.07) is 10.6. The lowest BCUT2D eigenvalue weighted by Crippen LogP contribution is -2.45. The number of aromatic hydroxyl groups is 1. The van der Waals surface area contributed by atoms with Gasteiger partial charge in [0.2, 0.25) is 5.91 Å². The fraction of sp³-hybridized carbons (Fsp3) is 0.211. The van der Waals surface area contributed by atoms with Crippen molar-refractivity contribution in [2.75, 3.05) is 19.6 Å². The van der Waals surface area contributed by atoms with E-state index in [1.54, 1.807) is 24.3 Å². The number of ether oxygens (including phenoxy) is 1. The number of amides is 1. The van der Waals surface area contributed by atoms with E-state index in [1.165, 1.54) is 0 Å². The second-order valence-corrected chi connectivity index (χ2v) is 8.33. The number of nitrogens with one attached hydrogen (secondary N) is 1. The Morgan fingerprint density at radius 1 is 1.23 bits per heavy atom. The molecule has 1 aliphatic rings. The zero-order valence-electron chi connectivity index (χ0n) is 14.0. The highest BCUT2D eigenvalue weighted by Gasteiger charge is 2.19. The van der Waals surface area contributed by atoms with Crippen molar-refractivity contribution in [1.29, 1.82) is 0 Å². The molecule has 0 radical (unpaired) electrons. The Morgan fingerprint density at radius 3 is 2.50 bits per heavy atom. The highest BCUT2D eigenvalue weighted by Crippen LogP contribution is 2.33. The number of benzene rings is 2. The van der Waals surface area contributed by atoms with Crippen LogP contribution in [-0.2, 0) is 11.2 Å². The molecule has 0 aromatic heterocycles. The van der Waals surface area contributed by atoms with E-state index in [-0.39, 0.29) is 11.7 Å². The standard InChI is InChI=1S/C19H18I2N2O3/c1-12-11-23(7-6-22-12)18(25)10-13-8-16(20)19(17(21)9-13)26-15-4-2-14(24)3-5-15/h2-5,8-9,22,24H,1,6-7,10-11H2. The Hall–Kier alpha value is -1.49. The molecule has 2 N–H and O–H groups in total. The van der Waals surface area contributed by atoms with Crippen LogP contribution in [-0.4, -0.2) is 35.5 Å². The van der Waals surface area contributed by atoms with Gasteiger partial charge in [0.05, 0.1) is 20.1 Å². The molecule has 1 aliphatic heterocycles. The molecule has 7 heteroatoms. The molecule has 0 saturated carbocycles. The molecular formula is C19H18I2N2O3. The smallest absolute Gasteiger partial charge is 0.227 e. The summed E-state index contributed by atoms with van der Waals surface area (Å²) in [7, 11) is 0. The van der Waals surface area contributed by atoms with Crippen LogP contribution in [0.1, 0.15) is 5.56 Å². The minimum atomic E-state index is 0.103. The molecule has 2 aromatic carbocycles. The lowest BCUT2D eigenvalue weighted by Gasteiger charge is -2.29. The fourth-order valence-electron chi connectivity index (χ4n) is 2.68. The number of hydrogen-bond acceptors (Lipinski definition) is 4. The molecule has 0 bridgehead atoms. The summed E-state index contributed by atoms with van der Waals surface area (Å²) >= 11 is 4.44. The Balaban J connectivity index is 1.73. The van der Waals surface area contributed by atoms with E-state index in [0.717, 1.165) is 30.7 Å². The lowest BCUT2D eigenvalue weighted by molar-refractivity contribution is -0.130. The summed E-state index contributed by atoms with van der Waals surface area (Å²) < 4.78 is 7.82. The average Bonchev–Trinajstić information content (AvgIpc) is 2.60. The third-order valence-corrected chi connectivity index (χ3v) is 5.56. The monoisotopic (exact) mass is 576 g/mol. The van der Waals surface area contributed by atoms with Gasteiger partial charge in [-0.3, -0.25) is 4.79 Å². The molecule has 26 heavy (non-hydrogen) atoms. The van der Waals surface area contributed by atoms with Gasteiger partial charge in [-0.1, -0.05) is 6.58 Å². The van der Waals surface area contributed by atoms with Crippen LogP contribution >= 0.6 is 45.2 Å². The number of rotatable bonds is 4.